The lowest BCUT2D eigenvalue weighted by molar-refractivity contribution is -0.0420. The molecule has 3 aliphatic rings. The van der Waals surface area contributed by atoms with Gasteiger partial charge in [-0.05, 0) is 56.2 Å². The van der Waals surface area contributed by atoms with Crippen molar-refractivity contribution >= 4 is 32.4 Å². The smallest absolute Gasteiger partial charge is 0.360 e. The number of epoxide rings is 1. The summed E-state index contributed by atoms with van der Waals surface area (Å²) < 4.78 is 36.6. The van der Waals surface area contributed by atoms with Crippen molar-refractivity contribution in [2.24, 2.45) is 28.6 Å². The van der Waals surface area contributed by atoms with E-state index >= 15 is 0 Å². The predicted molar refractivity (Wildman–Crippen MR) is 244 cm³/mol. The SMILES string of the molecule is C/C=C/[C@H](O[Si](C)(C)C(C)(C)C)C(C)(C)[C@@H]1C/C=C\[C@H]2O[C@H]2/C=C/C=C\c2nc(co2)C(=O)O[C@H](C(C)(C)[C@@H](C)/C=C/C)C/C=C\[C@H]2C[C@H]2/C=C/C=C\c2nc(co2)C(=O)O1. The number of rotatable bonds is 8. The van der Waals surface area contributed by atoms with Gasteiger partial charge in [0.25, 0.3) is 0 Å². The fraction of sp³-hybridized carbons (Fsp3) is 0.520. The molecule has 61 heavy (non-hydrogen) atoms. The lowest BCUT2D eigenvalue weighted by Crippen LogP contribution is -2.51. The molecule has 4 bridgehead atoms. The van der Waals surface area contributed by atoms with Gasteiger partial charge < -0.3 is 27.5 Å². The first kappa shape index (κ1) is 47.5. The van der Waals surface area contributed by atoms with Crippen LogP contribution in [0.3, 0.4) is 0 Å². The molecule has 8 atom stereocenters. The Morgan fingerprint density at radius 3 is 1.77 bits per heavy atom. The second-order valence-electron chi connectivity index (χ2n) is 19.2. The van der Waals surface area contributed by atoms with E-state index in [1.165, 1.54) is 12.5 Å². The number of nitrogens with zero attached hydrogens (tertiary/aromatic N) is 2. The predicted octanol–water partition coefficient (Wildman–Crippen LogP) is 12.1. The lowest BCUT2D eigenvalue weighted by atomic mass is 9.74. The minimum absolute atomic E-state index is 0.0158. The fourth-order valence-corrected chi connectivity index (χ4v) is 8.29. The molecule has 0 N–H and O–H groups in total. The van der Waals surface area contributed by atoms with Crippen molar-refractivity contribution in [3.63, 3.8) is 0 Å². The van der Waals surface area contributed by atoms with Crippen LogP contribution in [-0.2, 0) is 18.6 Å². The number of hydrogen-bond donors (Lipinski definition) is 0. The van der Waals surface area contributed by atoms with Crippen LogP contribution < -0.4 is 0 Å². The molecule has 2 aromatic heterocycles. The Morgan fingerprint density at radius 1 is 0.705 bits per heavy atom. The van der Waals surface area contributed by atoms with Crippen molar-refractivity contribution in [2.45, 2.75) is 137 Å². The number of carbonyl (C=O) groups is 2. The van der Waals surface area contributed by atoms with Crippen LogP contribution in [0.4, 0.5) is 0 Å². The molecule has 1 saturated carbocycles. The summed E-state index contributed by atoms with van der Waals surface area (Å²) in [5.41, 5.74) is -0.746. The third-order valence-corrected chi connectivity index (χ3v) is 17.3. The van der Waals surface area contributed by atoms with E-state index in [0.29, 0.717) is 36.5 Å². The third-order valence-electron chi connectivity index (χ3n) is 12.8. The molecule has 1 saturated heterocycles. The van der Waals surface area contributed by atoms with Gasteiger partial charge in [-0.2, -0.15) is 0 Å². The molecule has 330 valence electrons. The van der Waals surface area contributed by atoms with E-state index in [9.17, 15) is 9.59 Å². The van der Waals surface area contributed by atoms with Gasteiger partial charge in [0.05, 0.1) is 6.10 Å². The zero-order valence-corrected chi connectivity index (χ0v) is 39.3. The largest absolute Gasteiger partial charge is 0.457 e. The highest BCUT2D eigenvalue weighted by molar-refractivity contribution is 6.74. The van der Waals surface area contributed by atoms with Crippen molar-refractivity contribution in [1.82, 2.24) is 9.97 Å². The minimum Gasteiger partial charge on any atom is -0.457 e. The number of aromatic nitrogens is 2. The normalized spacial score (nSPS) is 29.0. The maximum atomic E-state index is 13.7. The van der Waals surface area contributed by atoms with Crippen LogP contribution in [0.2, 0.25) is 18.1 Å². The number of allylic oxidation sites excluding steroid dienone is 9. The standard InChI is InChI=1S/C50H68N2O8Si/c1-13-21-34(3)49(7,8)41-27-19-24-36-31-35(36)23-15-17-29-44-52-38(33-55-44)47(54)59-42(50(9,10)43(22-14-2)60-61(11,12)48(4,5)6)28-20-26-40-39(57-40)25-16-18-30-45-51-37(32-56-45)46(53)58-41/h13-26,29-30,32-36,39-43H,27-28,31H2,1-12H3/b21-13+,22-14+,23-15+,24-19-,25-16+,26-20-,29-17-,30-18-/t34-,35+,36-,39-,40+,41-,42-,43-/m0/s1. The van der Waals surface area contributed by atoms with Crippen LogP contribution in [-0.4, -0.2) is 60.7 Å². The van der Waals surface area contributed by atoms with Crippen molar-refractivity contribution in [3.05, 3.63) is 121 Å². The molecule has 1 aliphatic carbocycles. The minimum atomic E-state index is -2.21. The van der Waals surface area contributed by atoms with Crippen LogP contribution >= 0.6 is 0 Å². The Kier molecular flexibility index (Phi) is 15.6. The quantitative estimate of drug-likeness (QED) is 0.110. The zero-order valence-electron chi connectivity index (χ0n) is 38.3. The van der Waals surface area contributed by atoms with Gasteiger partial charge in [-0.25, -0.2) is 19.6 Å². The van der Waals surface area contributed by atoms with Gasteiger partial charge in [0.1, 0.15) is 36.9 Å². The topological polar surface area (TPSA) is 126 Å². The van der Waals surface area contributed by atoms with Crippen molar-refractivity contribution < 1.29 is 37.1 Å². The molecule has 0 aromatic carbocycles. The highest BCUT2D eigenvalue weighted by Gasteiger charge is 2.46. The maximum absolute atomic E-state index is 13.7. The third kappa shape index (κ3) is 12.7. The number of ether oxygens (including phenoxy) is 3. The van der Waals surface area contributed by atoms with Crippen LogP contribution in [0.1, 0.15) is 121 Å². The lowest BCUT2D eigenvalue weighted by Gasteiger charge is -2.45. The molecular formula is C50H68N2O8Si. The van der Waals surface area contributed by atoms with Gasteiger partial charge in [0.2, 0.25) is 11.8 Å². The number of carbonyl (C=O) groups excluding carboxylic acids is 2. The zero-order chi connectivity index (χ0) is 44.6. The summed E-state index contributed by atoms with van der Waals surface area (Å²) in [7, 11) is -2.21. The van der Waals surface area contributed by atoms with Crippen LogP contribution in [0.5, 0.6) is 0 Å². The summed E-state index contributed by atoms with van der Waals surface area (Å²) in [6.07, 6.45) is 34.8. The Morgan fingerprint density at radius 2 is 1.21 bits per heavy atom. The molecule has 4 heterocycles. The van der Waals surface area contributed by atoms with E-state index in [-0.39, 0.29) is 46.1 Å². The molecule has 2 fully saturated rings. The number of oxazole rings is 2. The summed E-state index contributed by atoms with van der Waals surface area (Å²) in [6.45, 7) is 25.7. The van der Waals surface area contributed by atoms with Crippen LogP contribution in [0, 0.1) is 28.6 Å². The van der Waals surface area contributed by atoms with Gasteiger partial charge in [-0.15, -0.1) is 0 Å². The molecule has 2 aliphatic heterocycles. The Bertz CT molecular complexity index is 2050. The van der Waals surface area contributed by atoms with Crippen LogP contribution in [0.25, 0.3) is 12.2 Å². The molecule has 2 aromatic rings. The summed E-state index contributed by atoms with van der Waals surface area (Å²) >= 11 is 0. The van der Waals surface area contributed by atoms with Gasteiger partial charge in [0, 0.05) is 35.8 Å². The van der Waals surface area contributed by atoms with Crippen molar-refractivity contribution in [1.29, 1.82) is 0 Å². The number of hydrogen-bond acceptors (Lipinski definition) is 10. The molecule has 0 unspecified atom stereocenters. The number of esters is 2. The maximum Gasteiger partial charge on any atom is 0.360 e. The number of fused-ring (bicyclic) bond motifs is 6. The summed E-state index contributed by atoms with van der Waals surface area (Å²) in [6, 6.07) is 0. The van der Waals surface area contributed by atoms with Gasteiger partial charge in [0.15, 0.2) is 19.7 Å². The molecular weight excluding hydrogens is 785 g/mol. The van der Waals surface area contributed by atoms with E-state index in [1.807, 2.05) is 62.5 Å². The molecule has 0 radical (unpaired) electrons. The van der Waals surface area contributed by atoms with Gasteiger partial charge in [-0.1, -0.05) is 140 Å². The first-order valence-electron chi connectivity index (χ1n) is 21.7. The van der Waals surface area contributed by atoms with E-state index in [4.69, 9.17) is 27.5 Å². The highest BCUT2D eigenvalue weighted by atomic mass is 28.4. The van der Waals surface area contributed by atoms with E-state index in [0.717, 1.165) is 6.42 Å². The average molecular weight is 853 g/mol. The molecule has 5 rings (SSSR count). The summed E-state index contributed by atoms with van der Waals surface area (Å²) in [5, 5.41) is -0.0158. The van der Waals surface area contributed by atoms with Crippen molar-refractivity contribution in [3.8, 4) is 0 Å². The van der Waals surface area contributed by atoms with E-state index in [1.54, 1.807) is 18.2 Å². The first-order valence-corrected chi connectivity index (χ1v) is 24.6. The monoisotopic (exact) mass is 852 g/mol. The summed E-state index contributed by atoms with van der Waals surface area (Å²) in [5.74, 6) is 0.469. The Hall–Kier alpha value is -4.58. The fourth-order valence-electron chi connectivity index (χ4n) is 6.92. The highest BCUT2D eigenvalue weighted by Crippen LogP contribution is 2.43. The molecule has 0 spiro atoms. The first-order chi connectivity index (χ1) is 28.8. The molecule has 0 amide bonds. The van der Waals surface area contributed by atoms with Crippen molar-refractivity contribution in [2.75, 3.05) is 0 Å². The molecule has 10 nitrogen and oxygen atoms in total. The van der Waals surface area contributed by atoms with E-state index in [2.05, 4.69) is 109 Å². The Labute approximate surface area is 364 Å². The number of cyclic esters (lactones) is 2. The van der Waals surface area contributed by atoms with Gasteiger partial charge >= 0.3 is 11.9 Å². The van der Waals surface area contributed by atoms with Crippen LogP contribution in [0.15, 0.2) is 106 Å². The average Bonchev–Trinajstić information content (AvgIpc) is 3.98. The second-order valence-corrected chi connectivity index (χ2v) is 23.9. The second kappa shape index (κ2) is 20.1. The summed E-state index contributed by atoms with van der Waals surface area (Å²) in [4.78, 5) is 36.0. The molecule has 11 heteroatoms. The Balaban J connectivity index is 1.38. The van der Waals surface area contributed by atoms with Gasteiger partial charge in [-0.3, -0.25) is 0 Å². The van der Waals surface area contributed by atoms with E-state index < -0.39 is 37.9 Å².